The number of aromatic nitrogens is 2. The molecule has 0 atom stereocenters. The van der Waals surface area contributed by atoms with Crippen LogP contribution in [0.5, 0.6) is 0 Å². The maximum Gasteiger partial charge on any atom is 0.0985 e. The summed E-state index contributed by atoms with van der Waals surface area (Å²) in [5.74, 6) is 0. The summed E-state index contributed by atoms with van der Waals surface area (Å²) in [6.45, 7) is 0. The standard InChI is InChI=1S/C41H26N2S/c1-4-12-27(13-5-1)30-24-31(28-14-6-2-7-15-28)26-32(25-30)43-36-22-20-34-33-18-10-11-19-38(33)44-41(34)39(36)40-37(43)23-21-35(42-40)29-16-8-3-9-17-29/h1-26H. The van der Waals surface area contributed by atoms with Gasteiger partial charge in [-0.3, -0.25) is 0 Å². The first-order chi connectivity index (χ1) is 21.8. The molecule has 0 spiro atoms. The molecule has 206 valence electrons. The first kappa shape index (κ1) is 25.0. The lowest BCUT2D eigenvalue weighted by Crippen LogP contribution is -1.96. The van der Waals surface area contributed by atoms with Gasteiger partial charge in [-0.1, -0.05) is 115 Å². The summed E-state index contributed by atoms with van der Waals surface area (Å²) >= 11 is 1.86. The van der Waals surface area contributed by atoms with Gasteiger partial charge in [0.05, 0.1) is 22.2 Å². The fraction of sp³-hybridized carbons (Fsp3) is 0. The average Bonchev–Trinajstić information content (AvgIpc) is 3.64. The van der Waals surface area contributed by atoms with E-state index >= 15 is 0 Å². The van der Waals surface area contributed by atoms with Gasteiger partial charge in [0.15, 0.2) is 0 Å². The Balaban J connectivity index is 1.40. The molecule has 0 amide bonds. The lowest BCUT2D eigenvalue weighted by Gasteiger charge is -2.14. The molecule has 44 heavy (non-hydrogen) atoms. The Morgan fingerprint density at radius 3 is 1.73 bits per heavy atom. The van der Waals surface area contributed by atoms with Crippen molar-refractivity contribution < 1.29 is 0 Å². The maximum absolute atomic E-state index is 5.39. The van der Waals surface area contributed by atoms with Crippen molar-refractivity contribution in [1.82, 2.24) is 9.55 Å². The van der Waals surface area contributed by atoms with E-state index in [-0.39, 0.29) is 0 Å². The van der Waals surface area contributed by atoms with E-state index < -0.39 is 0 Å². The molecule has 0 N–H and O–H groups in total. The minimum Gasteiger partial charge on any atom is -0.308 e. The van der Waals surface area contributed by atoms with Gasteiger partial charge < -0.3 is 4.57 Å². The van der Waals surface area contributed by atoms with Crippen LogP contribution in [0.4, 0.5) is 0 Å². The summed E-state index contributed by atoms with van der Waals surface area (Å²) in [6.07, 6.45) is 0. The molecule has 2 nitrogen and oxygen atoms in total. The number of thiophene rings is 1. The fourth-order valence-corrected chi connectivity index (χ4v) is 7.77. The first-order valence-corrected chi connectivity index (χ1v) is 15.7. The molecule has 0 saturated carbocycles. The average molecular weight is 579 g/mol. The normalized spacial score (nSPS) is 11.6. The van der Waals surface area contributed by atoms with E-state index in [4.69, 9.17) is 4.98 Å². The van der Waals surface area contributed by atoms with Crippen molar-refractivity contribution in [2.24, 2.45) is 0 Å². The van der Waals surface area contributed by atoms with Crippen molar-refractivity contribution >= 4 is 53.4 Å². The second-order valence-corrected chi connectivity index (χ2v) is 12.3. The molecule has 0 aliphatic rings. The van der Waals surface area contributed by atoms with Gasteiger partial charge in [-0.15, -0.1) is 11.3 Å². The largest absolute Gasteiger partial charge is 0.308 e. The quantitative estimate of drug-likeness (QED) is 0.203. The van der Waals surface area contributed by atoms with Crippen LogP contribution in [0, 0.1) is 0 Å². The third-order valence-corrected chi connectivity index (χ3v) is 9.78. The highest BCUT2D eigenvalue weighted by molar-refractivity contribution is 7.26. The summed E-state index contributed by atoms with van der Waals surface area (Å²) in [6, 6.07) is 56.5. The molecule has 0 aliphatic carbocycles. The minimum absolute atomic E-state index is 0.985. The predicted molar refractivity (Wildman–Crippen MR) is 188 cm³/mol. The Morgan fingerprint density at radius 1 is 0.455 bits per heavy atom. The van der Waals surface area contributed by atoms with Crippen molar-refractivity contribution in [2.45, 2.75) is 0 Å². The highest BCUT2D eigenvalue weighted by Crippen LogP contribution is 2.44. The van der Waals surface area contributed by atoms with E-state index in [9.17, 15) is 0 Å². The van der Waals surface area contributed by atoms with Crippen LogP contribution in [-0.4, -0.2) is 9.55 Å². The number of nitrogens with zero attached hydrogens (tertiary/aromatic N) is 2. The molecule has 0 bridgehead atoms. The predicted octanol–water partition coefficient (Wildman–Crippen LogP) is 11.5. The van der Waals surface area contributed by atoms with Gasteiger partial charge in [-0.25, -0.2) is 4.98 Å². The second-order valence-electron chi connectivity index (χ2n) is 11.2. The van der Waals surface area contributed by atoms with E-state index in [1.54, 1.807) is 0 Å². The number of hydrogen-bond acceptors (Lipinski definition) is 2. The highest BCUT2D eigenvalue weighted by atomic mass is 32.1. The van der Waals surface area contributed by atoms with Gasteiger partial charge in [0.1, 0.15) is 0 Å². The Labute approximate surface area is 259 Å². The number of hydrogen-bond donors (Lipinski definition) is 0. The Bertz CT molecular complexity index is 2420. The minimum atomic E-state index is 0.985. The molecule has 0 radical (unpaired) electrons. The zero-order valence-electron chi connectivity index (χ0n) is 23.8. The number of benzene rings is 6. The third kappa shape index (κ3) is 3.98. The molecule has 6 aromatic carbocycles. The highest BCUT2D eigenvalue weighted by Gasteiger charge is 2.20. The van der Waals surface area contributed by atoms with Gasteiger partial charge in [-0.05, 0) is 64.7 Å². The van der Waals surface area contributed by atoms with Gasteiger partial charge in [0.2, 0.25) is 0 Å². The molecule has 3 aromatic heterocycles. The van der Waals surface area contributed by atoms with Crippen LogP contribution in [-0.2, 0) is 0 Å². The first-order valence-electron chi connectivity index (χ1n) is 14.9. The SMILES string of the molecule is c1ccc(-c2cc(-c3ccccc3)cc(-n3c4ccc(-c5ccccc5)nc4c4c5sc6ccccc6c5ccc43)c2)cc1. The smallest absolute Gasteiger partial charge is 0.0985 e. The van der Waals surface area contributed by atoms with Crippen molar-refractivity contribution in [3.8, 4) is 39.2 Å². The van der Waals surface area contributed by atoms with Crippen LogP contribution in [0.2, 0.25) is 0 Å². The van der Waals surface area contributed by atoms with Crippen molar-refractivity contribution in [3.63, 3.8) is 0 Å². The zero-order valence-corrected chi connectivity index (χ0v) is 24.6. The Morgan fingerprint density at radius 2 is 1.05 bits per heavy atom. The van der Waals surface area contributed by atoms with Gasteiger partial charge in [0.25, 0.3) is 0 Å². The van der Waals surface area contributed by atoms with Gasteiger partial charge in [-0.2, -0.15) is 0 Å². The molecule has 9 aromatic rings. The summed E-state index contributed by atoms with van der Waals surface area (Å²) in [5, 5.41) is 3.79. The monoisotopic (exact) mass is 578 g/mol. The summed E-state index contributed by atoms with van der Waals surface area (Å²) in [4.78, 5) is 5.39. The van der Waals surface area contributed by atoms with Crippen LogP contribution < -0.4 is 0 Å². The number of pyridine rings is 1. The molecule has 9 rings (SSSR count). The number of fused-ring (bicyclic) bond motifs is 7. The van der Waals surface area contributed by atoms with Crippen LogP contribution in [0.1, 0.15) is 0 Å². The maximum atomic E-state index is 5.39. The van der Waals surface area contributed by atoms with Gasteiger partial charge >= 0.3 is 0 Å². The van der Waals surface area contributed by atoms with Crippen molar-refractivity contribution in [2.75, 3.05) is 0 Å². The number of rotatable bonds is 4. The third-order valence-electron chi connectivity index (χ3n) is 8.58. The van der Waals surface area contributed by atoms with Crippen molar-refractivity contribution in [1.29, 1.82) is 0 Å². The lowest BCUT2D eigenvalue weighted by atomic mass is 9.98. The molecule has 0 saturated heterocycles. The second kappa shape index (κ2) is 10.0. The molecular formula is C41H26N2S. The molecule has 0 unspecified atom stereocenters. The Kier molecular flexibility index (Phi) is 5.71. The van der Waals surface area contributed by atoms with E-state index in [2.05, 4.69) is 162 Å². The fourth-order valence-electron chi connectivity index (χ4n) is 6.52. The molecule has 3 heteroatoms. The Hall–Kier alpha value is -5.51. The van der Waals surface area contributed by atoms with Crippen LogP contribution in [0.15, 0.2) is 158 Å². The van der Waals surface area contributed by atoms with E-state index in [0.29, 0.717) is 0 Å². The molecule has 0 fully saturated rings. The van der Waals surface area contributed by atoms with Crippen LogP contribution in [0.25, 0.3) is 81.3 Å². The lowest BCUT2D eigenvalue weighted by molar-refractivity contribution is 1.18. The topological polar surface area (TPSA) is 17.8 Å². The molecule has 3 heterocycles. The van der Waals surface area contributed by atoms with E-state index in [0.717, 1.165) is 28.0 Å². The van der Waals surface area contributed by atoms with Crippen LogP contribution in [0.3, 0.4) is 0 Å². The zero-order chi connectivity index (χ0) is 29.0. The van der Waals surface area contributed by atoms with Crippen molar-refractivity contribution in [3.05, 3.63) is 158 Å². The van der Waals surface area contributed by atoms with Crippen LogP contribution >= 0.6 is 11.3 Å². The van der Waals surface area contributed by atoms with Gasteiger partial charge in [0, 0.05) is 36.8 Å². The summed E-state index contributed by atoms with van der Waals surface area (Å²) in [5.41, 5.74) is 11.3. The van der Waals surface area contributed by atoms with E-state index in [1.165, 1.54) is 53.3 Å². The molecule has 0 aliphatic heterocycles. The summed E-state index contributed by atoms with van der Waals surface area (Å²) in [7, 11) is 0. The summed E-state index contributed by atoms with van der Waals surface area (Å²) < 4.78 is 5.00. The van der Waals surface area contributed by atoms with E-state index in [1.807, 2.05) is 11.3 Å². The molecular weight excluding hydrogens is 553 g/mol.